The molecule has 3 saturated heterocycles. The van der Waals surface area contributed by atoms with Crippen molar-refractivity contribution >= 4 is 0 Å². The molecule has 9 heteroatoms. The molecule has 3 aliphatic heterocycles. The molecule has 0 bridgehead atoms. The molecule has 0 aromatic heterocycles. The lowest BCUT2D eigenvalue weighted by molar-refractivity contribution is -0.261. The van der Waals surface area contributed by atoms with Crippen LogP contribution in [0.4, 0.5) is 0 Å². The lowest BCUT2D eigenvalue weighted by atomic mass is 9.41. The van der Waals surface area contributed by atoms with Crippen LogP contribution in [0.2, 0.25) is 0 Å². The largest absolute Gasteiger partial charge is 0.393 e. The van der Waals surface area contributed by atoms with Crippen LogP contribution in [-0.4, -0.2) is 128 Å². The van der Waals surface area contributed by atoms with E-state index in [4.69, 9.17) is 23.7 Å². The third kappa shape index (κ3) is 5.76. The molecule has 5 saturated carbocycles. The summed E-state index contributed by atoms with van der Waals surface area (Å²) in [5.41, 5.74) is -0.0376. The zero-order valence-electron chi connectivity index (χ0n) is 35.1. The number of aliphatic hydroxyl groups excluding tert-OH is 1. The molecule has 8 fully saturated rings. The Labute approximate surface area is 321 Å². The molecule has 8 rings (SSSR count). The molecule has 5 aliphatic carbocycles. The number of nitrogens with zero attached hydrogens (tertiary/aromatic N) is 2. The van der Waals surface area contributed by atoms with E-state index in [2.05, 4.69) is 51.3 Å². The van der Waals surface area contributed by atoms with Gasteiger partial charge in [-0.05, 0) is 131 Å². The lowest BCUT2D eigenvalue weighted by Crippen LogP contribution is -2.74. The molecule has 0 amide bonds. The van der Waals surface area contributed by atoms with Gasteiger partial charge in [-0.25, -0.2) is 0 Å². The van der Waals surface area contributed by atoms with Crippen molar-refractivity contribution in [2.75, 3.05) is 59.7 Å². The summed E-state index contributed by atoms with van der Waals surface area (Å²) in [7, 11) is 1.76. The maximum Gasteiger partial charge on any atom is 0.170 e. The molecule has 3 heterocycles. The third-order valence-electron chi connectivity index (χ3n) is 18.5. The molecular weight excluding hydrogens is 668 g/mol. The lowest BCUT2D eigenvalue weighted by Gasteiger charge is -2.64. The molecule has 8 aliphatic rings. The summed E-state index contributed by atoms with van der Waals surface area (Å²) in [4.78, 5) is 5.24. The van der Waals surface area contributed by atoms with E-state index < -0.39 is 11.7 Å². The van der Waals surface area contributed by atoms with Crippen LogP contribution in [0.15, 0.2) is 0 Å². The molecule has 304 valence electrons. The number of rotatable bonds is 12. The van der Waals surface area contributed by atoms with Gasteiger partial charge in [0.25, 0.3) is 0 Å². The van der Waals surface area contributed by atoms with Gasteiger partial charge in [0.1, 0.15) is 6.10 Å². The fraction of sp³-hybridized carbons (Fsp3) is 1.00. The Kier molecular flexibility index (Phi) is 9.93. The fourth-order valence-electron chi connectivity index (χ4n) is 15.4. The van der Waals surface area contributed by atoms with Gasteiger partial charge in [0.2, 0.25) is 0 Å². The average Bonchev–Trinajstić information content (AvgIpc) is 3.68. The van der Waals surface area contributed by atoms with Crippen LogP contribution in [-0.2, 0) is 23.7 Å². The van der Waals surface area contributed by atoms with Gasteiger partial charge in [-0.3, -0.25) is 9.80 Å². The molecular formula is C44H76N2O7. The number of ether oxygens (including phenoxy) is 5. The minimum absolute atomic E-state index is 0.0618. The van der Waals surface area contributed by atoms with E-state index in [1.807, 2.05) is 20.8 Å². The van der Waals surface area contributed by atoms with Gasteiger partial charge in [0, 0.05) is 44.3 Å². The fourth-order valence-corrected chi connectivity index (χ4v) is 15.4. The van der Waals surface area contributed by atoms with Crippen LogP contribution in [0.5, 0.6) is 0 Å². The van der Waals surface area contributed by atoms with Crippen LogP contribution in [0.3, 0.4) is 0 Å². The number of hydrogen-bond donors (Lipinski definition) is 2. The van der Waals surface area contributed by atoms with Crippen LogP contribution in [0, 0.1) is 50.7 Å². The number of likely N-dealkylation sites (tertiary alicyclic amines) is 1. The van der Waals surface area contributed by atoms with Crippen LogP contribution in [0.25, 0.3) is 0 Å². The standard InChI is InChI=1S/C44H76N2O7/c1-11-51-37(39(5,6)48)31(49-10)20-28(2)30-21-34(47)42(9)33-13-12-32-38(3,4)35(14-15-43(32)25-44(33,43)17-16-41(30,42)8)53-36-22-46(18-19-52-36)40(7)26-45(27-40)29-23-50-24-29/h28-37,47-48H,11-27H2,1-10H3/t28-,30-,31?,32+,33?,34+,35+,36+,37+,41-,42-,43-,44+/m1/s1. The van der Waals surface area contributed by atoms with Crippen molar-refractivity contribution in [1.29, 1.82) is 0 Å². The van der Waals surface area contributed by atoms with Crippen molar-refractivity contribution in [3.8, 4) is 0 Å². The molecule has 2 unspecified atom stereocenters. The van der Waals surface area contributed by atoms with Crippen molar-refractivity contribution < 1.29 is 33.9 Å². The second-order valence-corrected chi connectivity index (χ2v) is 21.6. The zero-order valence-corrected chi connectivity index (χ0v) is 35.1. The van der Waals surface area contributed by atoms with Crippen LogP contribution in [0.1, 0.15) is 120 Å². The van der Waals surface area contributed by atoms with Gasteiger partial charge in [-0.2, -0.15) is 0 Å². The van der Waals surface area contributed by atoms with Crippen LogP contribution < -0.4 is 0 Å². The van der Waals surface area contributed by atoms with E-state index in [1.165, 1.54) is 38.5 Å². The molecule has 13 atom stereocenters. The summed E-state index contributed by atoms with van der Waals surface area (Å²) in [5, 5.41) is 23.3. The normalized spacial score (nSPS) is 46.9. The number of morpholine rings is 1. The minimum Gasteiger partial charge on any atom is -0.393 e. The maximum absolute atomic E-state index is 12.3. The van der Waals surface area contributed by atoms with Crippen molar-refractivity contribution in [3.05, 3.63) is 0 Å². The van der Waals surface area contributed by atoms with Crippen molar-refractivity contribution in [1.82, 2.24) is 9.80 Å². The van der Waals surface area contributed by atoms with Gasteiger partial charge in [0.05, 0.1) is 56.3 Å². The number of fused-ring (bicyclic) bond motifs is 2. The van der Waals surface area contributed by atoms with Gasteiger partial charge < -0.3 is 33.9 Å². The van der Waals surface area contributed by atoms with Gasteiger partial charge in [-0.1, -0.05) is 34.6 Å². The molecule has 9 nitrogen and oxygen atoms in total. The smallest absolute Gasteiger partial charge is 0.170 e. The molecule has 53 heavy (non-hydrogen) atoms. The van der Waals surface area contributed by atoms with Crippen LogP contribution >= 0.6 is 0 Å². The first-order chi connectivity index (χ1) is 24.9. The highest BCUT2D eigenvalue weighted by Crippen LogP contribution is 2.89. The quantitative estimate of drug-likeness (QED) is 0.245. The highest BCUT2D eigenvalue weighted by Gasteiger charge is 2.83. The van der Waals surface area contributed by atoms with Crippen molar-refractivity contribution in [3.63, 3.8) is 0 Å². The number of methoxy groups -OCH3 is 1. The minimum atomic E-state index is -0.996. The van der Waals surface area contributed by atoms with E-state index >= 15 is 0 Å². The topological polar surface area (TPSA) is 93.1 Å². The van der Waals surface area contributed by atoms with Gasteiger partial charge in [0.15, 0.2) is 6.29 Å². The van der Waals surface area contributed by atoms with E-state index in [-0.39, 0.29) is 46.4 Å². The summed E-state index contributed by atoms with van der Waals surface area (Å²) in [5.74, 6) is 1.95. The van der Waals surface area contributed by atoms with Crippen molar-refractivity contribution in [2.24, 2.45) is 50.7 Å². The molecule has 2 N–H and O–H groups in total. The number of hydrogen-bond acceptors (Lipinski definition) is 9. The van der Waals surface area contributed by atoms with Crippen molar-refractivity contribution in [2.45, 2.75) is 168 Å². The highest BCUT2D eigenvalue weighted by atomic mass is 16.7. The van der Waals surface area contributed by atoms with E-state index in [0.717, 1.165) is 65.3 Å². The zero-order chi connectivity index (χ0) is 38.0. The average molecular weight is 745 g/mol. The second-order valence-electron chi connectivity index (χ2n) is 21.6. The third-order valence-corrected chi connectivity index (χ3v) is 18.5. The summed E-state index contributed by atoms with van der Waals surface area (Å²) in [6, 6.07) is 0.614. The Hall–Kier alpha value is -0.360. The maximum atomic E-state index is 12.3. The Balaban J connectivity index is 0.946. The molecule has 0 aromatic rings. The van der Waals surface area contributed by atoms with E-state index in [0.29, 0.717) is 47.2 Å². The van der Waals surface area contributed by atoms with Gasteiger partial charge >= 0.3 is 0 Å². The number of aliphatic hydroxyl groups is 2. The summed E-state index contributed by atoms with van der Waals surface area (Å²) < 4.78 is 31.1. The molecule has 2 spiro atoms. The highest BCUT2D eigenvalue weighted by molar-refractivity contribution is 5.31. The summed E-state index contributed by atoms with van der Waals surface area (Å²) in [6.45, 7) is 27.7. The molecule has 0 aromatic carbocycles. The Morgan fingerprint density at radius 3 is 2.30 bits per heavy atom. The second kappa shape index (κ2) is 13.3. The summed E-state index contributed by atoms with van der Waals surface area (Å²) in [6.07, 6.45) is 9.49. The predicted octanol–water partition coefficient (Wildman–Crippen LogP) is 6.13. The Morgan fingerprint density at radius 2 is 1.66 bits per heavy atom. The van der Waals surface area contributed by atoms with Gasteiger partial charge in [-0.15, -0.1) is 0 Å². The predicted molar refractivity (Wildman–Crippen MR) is 205 cm³/mol. The Morgan fingerprint density at radius 1 is 0.962 bits per heavy atom. The molecule has 0 radical (unpaired) electrons. The SMILES string of the molecule is CCO[C@@H](C(C[C@@H](C)[C@H]1C[C@H](O)[C@@]2(C)C3CC[C@H]4C(C)(C)[C@@H](O[C@H]5CN(C6(C)CN(C7COC7)C6)CCO5)CC[C@@]45C[C@@]35CC[C@]12C)OC)C(C)(C)O. The first kappa shape index (κ1) is 39.5. The van der Waals surface area contributed by atoms with E-state index in [1.54, 1.807) is 7.11 Å². The monoisotopic (exact) mass is 745 g/mol. The van der Waals surface area contributed by atoms with E-state index in [9.17, 15) is 10.2 Å². The summed E-state index contributed by atoms with van der Waals surface area (Å²) >= 11 is 0. The Bertz CT molecular complexity index is 1340. The first-order valence-electron chi connectivity index (χ1n) is 21.8. The first-order valence-corrected chi connectivity index (χ1v) is 21.8.